The highest BCUT2D eigenvalue weighted by Crippen LogP contribution is 2.35. The summed E-state index contributed by atoms with van der Waals surface area (Å²) < 4.78 is 40.9. The van der Waals surface area contributed by atoms with Crippen LogP contribution in [0.4, 0.5) is 24.9 Å². The Morgan fingerprint density at radius 1 is 1.21 bits per heavy atom. The Morgan fingerprint density at radius 2 is 1.97 bits per heavy atom. The number of benzene rings is 2. The second kappa shape index (κ2) is 8.94. The first kappa shape index (κ1) is 23.5. The third kappa shape index (κ3) is 4.81. The molecule has 2 aromatic heterocycles. The maximum Gasteiger partial charge on any atom is 0.417 e. The molecule has 0 spiro atoms. The molecule has 0 aliphatic heterocycles. The van der Waals surface area contributed by atoms with Crippen molar-refractivity contribution in [2.24, 2.45) is 7.05 Å². The number of nitrogen functional groups attached to an aromatic ring is 1. The fraction of sp³-hybridized carbons (Fsp3) is 0.217. The topological polar surface area (TPSA) is 98.7 Å². The molecule has 0 aliphatic rings. The molecule has 0 unspecified atom stereocenters. The number of rotatable bonds is 5. The summed E-state index contributed by atoms with van der Waals surface area (Å²) in [6.07, 6.45) is -2.49. The van der Waals surface area contributed by atoms with Crippen LogP contribution in [-0.4, -0.2) is 25.7 Å². The van der Waals surface area contributed by atoms with E-state index in [4.69, 9.17) is 17.3 Å². The smallest absolute Gasteiger partial charge is 0.368 e. The van der Waals surface area contributed by atoms with Crippen LogP contribution in [0.5, 0.6) is 0 Å². The minimum absolute atomic E-state index is 0.187. The van der Waals surface area contributed by atoms with E-state index in [0.29, 0.717) is 0 Å². The van der Waals surface area contributed by atoms with Crippen molar-refractivity contribution >= 4 is 40.2 Å². The zero-order valence-electron chi connectivity index (χ0n) is 18.2. The molecule has 0 saturated carbocycles. The summed E-state index contributed by atoms with van der Waals surface area (Å²) in [5, 5.41) is 7.36. The van der Waals surface area contributed by atoms with E-state index in [2.05, 4.69) is 20.4 Å². The van der Waals surface area contributed by atoms with E-state index >= 15 is 0 Å². The normalized spacial score (nSPS) is 11.7. The molecule has 34 heavy (non-hydrogen) atoms. The molecule has 0 aliphatic carbocycles. The van der Waals surface area contributed by atoms with Gasteiger partial charge in [-0.3, -0.25) is 9.48 Å². The van der Waals surface area contributed by atoms with E-state index in [1.54, 1.807) is 24.0 Å². The number of alkyl halides is 3. The fourth-order valence-corrected chi connectivity index (χ4v) is 3.95. The number of nitrogens with two attached hydrogens (primary N) is 1. The summed E-state index contributed by atoms with van der Waals surface area (Å²) in [6, 6.07) is 8.97. The maximum atomic E-state index is 13.1. The second-order valence-corrected chi connectivity index (χ2v) is 8.14. The number of halogens is 4. The molecule has 0 fully saturated rings. The van der Waals surface area contributed by atoms with Crippen LogP contribution >= 0.6 is 11.6 Å². The van der Waals surface area contributed by atoms with Crippen molar-refractivity contribution in [1.29, 1.82) is 0 Å². The highest BCUT2D eigenvalue weighted by molar-refractivity contribution is 6.31. The molecule has 11 heteroatoms. The van der Waals surface area contributed by atoms with Gasteiger partial charge in [-0.25, -0.2) is 9.97 Å². The van der Waals surface area contributed by atoms with Gasteiger partial charge < -0.3 is 11.1 Å². The van der Waals surface area contributed by atoms with Gasteiger partial charge in [0.25, 0.3) is 0 Å². The van der Waals surface area contributed by atoms with Crippen molar-refractivity contribution in [2.45, 2.75) is 25.9 Å². The lowest BCUT2D eigenvalue weighted by molar-refractivity contribution is -0.137. The number of anilines is 2. The molecule has 1 amide bonds. The van der Waals surface area contributed by atoms with Crippen LogP contribution in [0.2, 0.25) is 5.02 Å². The summed E-state index contributed by atoms with van der Waals surface area (Å²) in [4.78, 5) is 20.9. The van der Waals surface area contributed by atoms with Gasteiger partial charge in [0.2, 0.25) is 11.9 Å². The molecule has 3 N–H and O–H groups in total. The first-order valence-corrected chi connectivity index (χ1v) is 10.7. The molecule has 176 valence electrons. The van der Waals surface area contributed by atoms with E-state index in [-0.39, 0.29) is 23.8 Å². The van der Waals surface area contributed by atoms with E-state index in [0.717, 1.165) is 46.3 Å². The van der Waals surface area contributed by atoms with Crippen LogP contribution in [0.15, 0.2) is 42.6 Å². The summed E-state index contributed by atoms with van der Waals surface area (Å²) in [7, 11) is 1.73. The number of hydrogen-bond donors (Lipinski definition) is 2. The van der Waals surface area contributed by atoms with E-state index in [9.17, 15) is 18.0 Å². The van der Waals surface area contributed by atoms with Gasteiger partial charge >= 0.3 is 6.18 Å². The summed E-state index contributed by atoms with van der Waals surface area (Å²) in [6.45, 7) is 2.01. The summed E-state index contributed by atoms with van der Waals surface area (Å²) in [5.41, 5.74) is 8.27. The number of nitrogens with one attached hydrogen (secondary N) is 1. The monoisotopic (exact) mass is 488 g/mol. The van der Waals surface area contributed by atoms with Crippen LogP contribution in [0.25, 0.3) is 22.2 Å². The van der Waals surface area contributed by atoms with Crippen LogP contribution in [0, 0.1) is 0 Å². The Morgan fingerprint density at radius 3 is 2.68 bits per heavy atom. The SMILES string of the molecule is CCc1cc(-c2cc(NC(=O)Cc3ccc(Cl)c(C(F)(F)F)c3)nn2C)cc2cnc(N)nc12. The molecule has 0 atom stereocenters. The van der Waals surface area contributed by atoms with Crippen molar-refractivity contribution in [2.75, 3.05) is 11.1 Å². The number of carbonyl (C=O) groups is 1. The van der Waals surface area contributed by atoms with Gasteiger partial charge in [-0.05, 0) is 41.8 Å². The van der Waals surface area contributed by atoms with Gasteiger partial charge in [0.15, 0.2) is 5.82 Å². The Bertz CT molecular complexity index is 1400. The van der Waals surface area contributed by atoms with Crippen LogP contribution in [0.3, 0.4) is 0 Å². The van der Waals surface area contributed by atoms with Crippen molar-refractivity contribution in [3.63, 3.8) is 0 Å². The third-order valence-corrected chi connectivity index (χ3v) is 5.64. The van der Waals surface area contributed by atoms with Gasteiger partial charge in [0.1, 0.15) is 0 Å². The summed E-state index contributed by atoms with van der Waals surface area (Å²) in [5.74, 6) is -0.0283. The minimum atomic E-state index is -4.60. The Balaban J connectivity index is 1.57. The van der Waals surface area contributed by atoms with Crippen molar-refractivity contribution in [3.8, 4) is 11.3 Å². The Labute approximate surface area is 197 Å². The lowest BCUT2D eigenvalue weighted by Gasteiger charge is -2.10. The predicted molar refractivity (Wildman–Crippen MR) is 124 cm³/mol. The lowest BCUT2D eigenvalue weighted by Crippen LogP contribution is -2.15. The van der Waals surface area contributed by atoms with Gasteiger partial charge in [0.05, 0.1) is 28.2 Å². The number of hydrogen-bond acceptors (Lipinski definition) is 5. The van der Waals surface area contributed by atoms with Crippen molar-refractivity contribution < 1.29 is 18.0 Å². The molecule has 2 aromatic carbocycles. The molecule has 4 aromatic rings. The van der Waals surface area contributed by atoms with E-state index in [1.807, 2.05) is 19.1 Å². The van der Waals surface area contributed by atoms with Crippen molar-refractivity contribution in [3.05, 3.63) is 64.3 Å². The number of carbonyl (C=O) groups excluding carboxylic acids is 1. The van der Waals surface area contributed by atoms with Crippen LogP contribution < -0.4 is 11.1 Å². The fourth-order valence-electron chi connectivity index (χ4n) is 3.72. The molecule has 2 heterocycles. The Kier molecular flexibility index (Phi) is 6.18. The van der Waals surface area contributed by atoms with E-state index in [1.165, 1.54) is 6.07 Å². The average Bonchev–Trinajstić information content (AvgIpc) is 3.13. The molecular formula is C23H20ClF3N6O. The van der Waals surface area contributed by atoms with E-state index < -0.39 is 22.7 Å². The predicted octanol–water partition coefficient (Wildman–Crippen LogP) is 5.03. The number of nitrogens with zero attached hydrogens (tertiary/aromatic N) is 4. The lowest BCUT2D eigenvalue weighted by atomic mass is 10.0. The quantitative estimate of drug-likeness (QED) is 0.410. The molecular weight excluding hydrogens is 469 g/mol. The standard InChI is InChI=1S/C23H20ClF3N6O/c1-3-13-8-14(9-15-11-29-22(28)31-21(13)15)18-10-19(32-33(18)2)30-20(34)7-12-4-5-17(24)16(6-12)23(25,26)27/h4-6,8-11H,3,7H2,1-2H3,(H2,28,29,31)(H,30,32,34). The number of amides is 1. The van der Waals surface area contributed by atoms with Gasteiger partial charge in [-0.1, -0.05) is 24.6 Å². The second-order valence-electron chi connectivity index (χ2n) is 7.73. The molecule has 0 radical (unpaired) electrons. The average molecular weight is 489 g/mol. The summed E-state index contributed by atoms with van der Waals surface area (Å²) >= 11 is 5.64. The number of fused-ring (bicyclic) bond motifs is 1. The zero-order chi connectivity index (χ0) is 24.6. The van der Waals surface area contributed by atoms with Gasteiger partial charge in [-0.2, -0.15) is 18.3 Å². The third-order valence-electron chi connectivity index (χ3n) is 5.31. The molecule has 7 nitrogen and oxygen atoms in total. The van der Waals surface area contributed by atoms with Crippen LogP contribution in [0.1, 0.15) is 23.6 Å². The molecule has 0 saturated heterocycles. The highest BCUT2D eigenvalue weighted by atomic mass is 35.5. The van der Waals surface area contributed by atoms with Gasteiger partial charge in [0, 0.05) is 30.3 Å². The Hall–Kier alpha value is -3.66. The largest absolute Gasteiger partial charge is 0.417 e. The van der Waals surface area contributed by atoms with Gasteiger partial charge in [-0.15, -0.1) is 0 Å². The highest BCUT2D eigenvalue weighted by Gasteiger charge is 2.33. The molecule has 0 bridgehead atoms. The maximum absolute atomic E-state index is 13.1. The zero-order valence-corrected chi connectivity index (χ0v) is 19.0. The minimum Gasteiger partial charge on any atom is -0.368 e. The number of aryl methyl sites for hydroxylation is 2. The first-order valence-electron chi connectivity index (χ1n) is 10.3. The van der Waals surface area contributed by atoms with Crippen molar-refractivity contribution in [1.82, 2.24) is 19.7 Å². The first-order chi connectivity index (χ1) is 16.0. The molecule has 4 rings (SSSR count). The number of aromatic nitrogens is 4. The van der Waals surface area contributed by atoms with Crippen LogP contribution in [-0.2, 0) is 30.9 Å².